The summed E-state index contributed by atoms with van der Waals surface area (Å²) in [5.74, 6) is -0.662. The Balaban J connectivity index is 2.89. The predicted octanol–water partition coefficient (Wildman–Crippen LogP) is 4.37. The quantitative estimate of drug-likeness (QED) is 0.450. The molecule has 0 aliphatic rings. The number of unbranched alkanes of at least 4 members (excludes halogenated alkanes) is 8. The van der Waals surface area contributed by atoms with Crippen LogP contribution in [0.3, 0.4) is 0 Å². The molecule has 0 heterocycles. The van der Waals surface area contributed by atoms with Crippen LogP contribution in [-0.4, -0.2) is 16.4 Å². The van der Waals surface area contributed by atoms with Crippen LogP contribution in [-0.2, 0) is 4.79 Å². The fourth-order valence-electron chi connectivity index (χ4n) is 1.61. The van der Waals surface area contributed by atoms with Crippen molar-refractivity contribution < 1.29 is 9.90 Å². The zero-order valence-electron chi connectivity index (χ0n) is 9.51. The van der Waals surface area contributed by atoms with Crippen LogP contribution in [0.1, 0.15) is 64.2 Å². The molecule has 0 amide bonds. The molecule has 0 aliphatic heterocycles. The van der Waals surface area contributed by atoms with E-state index in [1.54, 1.807) is 0 Å². The van der Waals surface area contributed by atoms with Crippen molar-refractivity contribution in [3.8, 4) is 0 Å². The Labute approximate surface area is 102 Å². The molecule has 0 aromatic carbocycles. The van der Waals surface area contributed by atoms with Gasteiger partial charge in [-0.15, -0.1) is 0 Å². The van der Waals surface area contributed by atoms with Crippen LogP contribution in [0.4, 0.5) is 0 Å². The van der Waals surface area contributed by atoms with Crippen molar-refractivity contribution in [3.05, 3.63) is 0 Å². The lowest BCUT2D eigenvalue weighted by atomic mass is 10.1. The highest BCUT2D eigenvalue weighted by Crippen LogP contribution is 2.10. The number of carbonyl (C=O) groups is 1. The summed E-state index contributed by atoms with van der Waals surface area (Å²) in [5.41, 5.74) is 0. The fourth-order valence-corrected chi connectivity index (χ4v) is 2.00. The van der Waals surface area contributed by atoms with Crippen molar-refractivity contribution in [2.24, 2.45) is 0 Å². The molecule has 2 nitrogen and oxygen atoms in total. The maximum absolute atomic E-state index is 10.2. The zero-order chi connectivity index (χ0) is 11.4. The van der Waals surface area contributed by atoms with Gasteiger partial charge in [0.15, 0.2) is 0 Å². The third-order valence-corrected chi connectivity index (χ3v) is 3.09. The van der Waals surface area contributed by atoms with Gasteiger partial charge in [0.1, 0.15) is 0 Å². The third kappa shape index (κ3) is 14.0. The number of hydrogen-bond donors (Lipinski definition) is 1. The average Bonchev–Trinajstić information content (AvgIpc) is 2.20. The molecule has 0 spiro atoms. The van der Waals surface area contributed by atoms with Crippen molar-refractivity contribution in [3.63, 3.8) is 0 Å². The van der Waals surface area contributed by atoms with Gasteiger partial charge in [-0.2, -0.15) is 0 Å². The predicted molar refractivity (Wildman–Crippen MR) is 67.6 cm³/mol. The lowest BCUT2D eigenvalue weighted by molar-refractivity contribution is -0.137. The molecule has 0 aromatic rings. The van der Waals surface area contributed by atoms with E-state index in [1.165, 1.54) is 44.9 Å². The standard InChI is InChI=1S/C12H23BrO2/c13-11-9-7-5-3-1-2-4-6-8-10-12(14)15/h1-11H2,(H,14,15). The van der Waals surface area contributed by atoms with E-state index in [9.17, 15) is 4.79 Å². The van der Waals surface area contributed by atoms with E-state index in [1.807, 2.05) is 0 Å². The minimum Gasteiger partial charge on any atom is -0.481 e. The van der Waals surface area contributed by atoms with E-state index < -0.39 is 5.97 Å². The molecular formula is C12H23BrO2. The van der Waals surface area contributed by atoms with Gasteiger partial charge in [-0.3, -0.25) is 4.79 Å². The number of halogens is 1. The molecule has 0 bridgehead atoms. The van der Waals surface area contributed by atoms with E-state index in [0.717, 1.165) is 18.2 Å². The van der Waals surface area contributed by atoms with Crippen LogP contribution in [0.25, 0.3) is 0 Å². The molecule has 15 heavy (non-hydrogen) atoms. The first-order valence-electron chi connectivity index (χ1n) is 6.05. The normalized spacial score (nSPS) is 10.5. The summed E-state index contributed by atoms with van der Waals surface area (Å²) in [7, 11) is 0. The molecule has 0 radical (unpaired) electrons. The first-order valence-corrected chi connectivity index (χ1v) is 7.17. The smallest absolute Gasteiger partial charge is 0.303 e. The van der Waals surface area contributed by atoms with E-state index >= 15 is 0 Å². The molecular weight excluding hydrogens is 256 g/mol. The fraction of sp³-hybridized carbons (Fsp3) is 0.917. The minimum absolute atomic E-state index is 0.339. The molecule has 1 N–H and O–H groups in total. The Morgan fingerprint density at radius 3 is 1.60 bits per heavy atom. The SMILES string of the molecule is O=C(O)CCCCCCCCCCCBr. The third-order valence-electron chi connectivity index (χ3n) is 2.52. The van der Waals surface area contributed by atoms with Gasteiger partial charge in [-0.05, 0) is 12.8 Å². The second-order valence-electron chi connectivity index (χ2n) is 4.01. The molecule has 0 saturated carbocycles. The Morgan fingerprint density at radius 2 is 1.20 bits per heavy atom. The van der Waals surface area contributed by atoms with Crippen molar-refractivity contribution in [2.75, 3.05) is 5.33 Å². The summed E-state index contributed by atoms with van der Waals surface area (Å²) in [6.45, 7) is 0. The van der Waals surface area contributed by atoms with Gasteiger partial charge in [0.05, 0.1) is 0 Å². The Hall–Kier alpha value is -0.0500. The first kappa shape index (κ1) is 14.9. The van der Waals surface area contributed by atoms with E-state index in [0.29, 0.717) is 6.42 Å². The van der Waals surface area contributed by atoms with E-state index in [4.69, 9.17) is 5.11 Å². The van der Waals surface area contributed by atoms with Crippen LogP contribution >= 0.6 is 15.9 Å². The van der Waals surface area contributed by atoms with Crippen molar-refractivity contribution in [1.29, 1.82) is 0 Å². The molecule has 0 aromatic heterocycles. The van der Waals surface area contributed by atoms with Crippen LogP contribution in [0, 0.1) is 0 Å². The average molecular weight is 279 g/mol. The number of carboxylic acid groups (broad SMARTS) is 1. The highest BCUT2D eigenvalue weighted by atomic mass is 79.9. The van der Waals surface area contributed by atoms with Crippen LogP contribution < -0.4 is 0 Å². The molecule has 0 aliphatic carbocycles. The summed E-state index contributed by atoms with van der Waals surface area (Å²) in [6, 6.07) is 0. The second kappa shape index (κ2) is 12.0. The molecule has 0 saturated heterocycles. The molecule has 0 fully saturated rings. The van der Waals surface area contributed by atoms with Gasteiger partial charge in [0.25, 0.3) is 0 Å². The first-order chi connectivity index (χ1) is 7.27. The summed E-state index contributed by atoms with van der Waals surface area (Å²) < 4.78 is 0. The zero-order valence-corrected chi connectivity index (χ0v) is 11.1. The molecule has 0 rings (SSSR count). The lowest BCUT2D eigenvalue weighted by Gasteiger charge is -2.00. The van der Waals surface area contributed by atoms with Gasteiger partial charge < -0.3 is 5.11 Å². The van der Waals surface area contributed by atoms with Crippen LogP contribution in [0.15, 0.2) is 0 Å². The van der Waals surface area contributed by atoms with Crippen LogP contribution in [0.2, 0.25) is 0 Å². The van der Waals surface area contributed by atoms with Gasteiger partial charge in [0.2, 0.25) is 0 Å². The summed E-state index contributed by atoms with van der Waals surface area (Å²) >= 11 is 3.42. The number of aliphatic carboxylic acids is 1. The van der Waals surface area contributed by atoms with Gasteiger partial charge >= 0.3 is 5.97 Å². The lowest BCUT2D eigenvalue weighted by Crippen LogP contribution is -1.93. The molecule has 90 valence electrons. The number of carboxylic acids is 1. The van der Waals surface area contributed by atoms with Crippen molar-refractivity contribution in [2.45, 2.75) is 64.2 Å². The van der Waals surface area contributed by atoms with Gasteiger partial charge in [0, 0.05) is 11.8 Å². The number of alkyl halides is 1. The summed E-state index contributed by atoms with van der Waals surface area (Å²) in [5, 5.41) is 9.56. The molecule has 0 atom stereocenters. The molecule has 0 unspecified atom stereocenters. The Morgan fingerprint density at radius 1 is 0.800 bits per heavy atom. The minimum atomic E-state index is -0.662. The highest BCUT2D eigenvalue weighted by Gasteiger charge is 1.96. The maximum Gasteiger partial charge on any atom is 0.303 e. The summed E-state index contributed by atoms with van der Waals surface area (Å²) in [4.78, 5) is 10.2. The van der Waals surface area contributed by atoms with E-state index in [-0.39, 0.29) is 0 Å². The maximum atomic E-state index is 10.2. The van der Waals surface area contributed by atoms with E-state index in [2.05, 4.69) is 15.9 Å². The largest absolute Gasteiger partial charge is 0.481 e. The van der Waals surface area contributed by atoms with Crippen LogP contribution in [0.5, 0.6) is 0 Å². The topological polar surface area (TPSA) is 37.3 Å². The highest BCUT2D eigenvalue weighted by molar-refractivity contribution is 9.09. The van der Waals surface area contributed by atoms with Gasteiger partial charge in [-0.1, -0.05) is 60.9 Å². The Kier molecular flexibility index (Phi) is 12.0. The second-order valence-corrected chi connectivity index (χ2v) is 4.81. The Bertz CT molecular complexity index is 149. The van der Waals surface area contributed by atoms with Crippen molar-refractivity contribution in [1.82, 2.24) is 0 Å². The monoisotopic (exact) mass is 278 g/mol. The number of rotatable bonds is 11. The molecule has 3 heteroatoms. The van der Waals surface area contributed by atoms with Crippen molar-refractivity contribution >= 4 is 21.9 Å². The van der Waals surface area contributed by atoms with Gasteiger partial charge in [-0.25, -0.2) is 0 Å². The summed E-state index contributed by atoms with van der Waals surface area (Å²) in [6.07, 6.45) is 11.4. The number of hydrogen-bond acceptors (Lipinski definition) is 1.